The van der Waals surface area contributed by atoms with Crippen molar-refractivity contribution in [3.05, 3.63) is 23.5 Å². The van der Waals surface area contributed by atoms with Crippen molar-refractivity contribution in [2.24, 2.45) is 18.9 Å². The molecule has 0 spiro atoms. The molecule has 10 heteroatoms. The second-order valence-electron chi connectivity index (χ2n) is 10.3. The summed E-state index contributed by atoms with van der Waals surface area (Å²) in [7, 11) is 3.51. The molecule has 0 aromatic carbocycles. The zero-order chi connectivity index (χ0) is 25.8. The Labute approximate surface area is 212 Å². The van der Waals surface area contributed by atoms with Crippen LogP contribution in [0.25, 0.3) is 11.4 Å². The molecule has 1 N–H and O–H groups in total. The molecule has 10 nitrogen and oxygen atoms in total. The van der Waals surface area contributed by atoms with Crippen molar-refractivity contribution in [2.75, 3.05) is 13.6 Å². The van der Waals surface area contributed by atoms with Gasteiger partial charge in [-0.05, 0) is 56.6 Å². The van der Waals surface area contributed by atoms with E-state index in [2.05, 4.69) is 24.2 Å². The molecule has 0 radical (unpaired) electrons. The van der Waals surface area contributed by atoms with E-state index in [0.717, 1.165) is 43.5 Å². The monoisotopic (exact) mass is 499 g/mol. The number of rotatable bonds is 10. The lowest BCUT2D eigenvalue weighted by Crippen LogP contribution is -2.31. The van der Waals surface area contributed by atoms with Gasteiger partial charge < -0.3 is 19.5 Å². The minimum atomic E-state index is -0.749. The lowest BCUT2D eigenvalue weighted by Gasteiger charge is -2.28. The van der Waals surface area contributed by atoms with E-state index in [9.17, 15) is 14.7 Å². The minimum Gasteiger partial charge on any atom is -0.488 e. The third-order valence-electron chi connectivity index (χ3n) is 7.23. The quantitative estimate of drug-likeness (QED) is 0.511. The number of hydrogen-bond acceptors (Lipinski definition) is 7. The average molecular weight is 500 g/mol. The Morgan fingerprint density at radius 3 is 2.72 bits per heavy atom. The molecule has 2 aromatic rings. The Kier molecular flexibility index (Phi) is 8.11. The maximum absolute atomic E-state index is 12.5. The van der Waals surface area contributed by atoms with E-state index in [1.807, 2.05) is 12.1 Å². The van der Waals surface area contributed by atoms with Crippen LogP contribution in [0.4, 0.5) is 4.79 Å². The van der Waals surface area contributed by atoms with E-state index in [1.54, 1.807) is 23.7 Å². The SMILES string of the molecule is CC[C@H](C)CN(C)C(=O)OCc1c(-c2ccc(O[C@H]3CCC[C@H](C(=O)O)C3)c(C3CC3)n2)nnn1C. The molecule has 36 heavy (non-hydrogen) atoms. The van der Waals surface area contributed by atoms with Gasteiger partial charge in [0.15, 0.2) is 0 Å². The van der Waals surface area contributed by atoms with Crippen LogP contribution in [-0.2, 0) is 23.2 Å². The minimum absolute atomic E-state index is 0.0415. The standard InChI is InChI=1S/C26H37N5O5/c1-5-16(2)14-30(3)26(34)35-15-21-24(28-29-31(21)4)20-11-12-22(23(27-20)17-9-10-17)36-19-8-6-7-18(13-19)25(32)33/h11-12,16-19H,5-10,13-15H2,1-4H3,(H,32,33)/t16-,18-,19-/m0/s1. The Balaban J connectivity index is 1.49. The van der Waals surface area contributed by atoms with Gasteiger partial charge in [0.05, 0.1) is 23.4 Å². The molecule has 0 unspecified atom stereocenters. The van der Waals surface area contributed by atoms with Crippen molar-refractivity contribution >= 4 is 12.1 Å². The number of amides is 1. The maximum atomic E-state index is 12.5. The lowest BCUT2D eigenvalue weighted by atomic mass is 9.87. The Morgan fingerprint density at radius 1 is 1.25 bits per heavy atom. The van der Waals surface area contributed by atoms with Gasteiger partial charge >= 0.3 is 12.1 Å². The molecule has 2 aliphatic rings. The molecule has 2 heterocycles. The fraction of sp³-hybridized carbons (Fsp3) is 0.654. The largest absolute Gasteiger partial charge is 0.488 e. The average Bonchev–Trinajstić information content (AvgIpc) is 3.65. The van der Waals surface area contributed by atoms with Crippen molar-refractivity contribution in [1.82, 2.24) is 24.9 Å². The first-order valence-corrected chi connectivity index (χ1v) is 12.9. The lowest BCUT2D eigenvalue weighted by molar-refractivity contribution is -0.143. The molecule has 2 fully saturated rings. The molecular formula is C26H37N5O5. The van der Waals surface area contributed by atoms with Crippen molar-refractivity contribution in [3.8, 4) is 17.1 Å². The number of carbonyl (C=O) groups excluding carboxylic acids is 1. The smallest absolute Gasteiger partial charge is 0.409 e. The normalized spacial score (nSPS) is 20.6. The van der Waals surface area contributed by atoms with Crippen molar-refractivity contribution in [1.29, 1.82) is 0 Å². The van der Waals surface area contributed by atoms with Crippen LogP contribution < -0.4 is 4.74 Å². The first-order valence-electron chi connectivity index (χ1n) is 12.9. The number of nitrogens with zero attached hydrogens (tertiary/aromatic N) is 5. The van der Waals surface area contributed by atoms with Gasteiger partial charge in [0.2, 0.25) is 0 Å². The number of ether oxygens (including phenoxy) is 2. The highest BCUT2D eigenvalue weighted by atomic mass is 16.6. The number of aryl methyl sites for hydroxylation is 1. The molecule has 3 atom stereocenters. The first-order chi connectivity index (χ1) is 17.3. The van der Waals surface area contributed by atoms with E-state index in [-0.39, 0.29) is 24.7 Å². The van der Waals surface area contributed by atoms with Crippen LogP contribution >= 0.6 is 0 Å². The maximum Gasteiger partial charge on any atom is 0.409 e. The number of aliphatic carboxylic acids is 1. The molecule has 2 aliphatic carbocycles. The van der Waals surface area contributed by atoms with E-state index in [0.29, 0.717) is 48.3 Å². The van der Waals surface area contributed by atoms with Gasteiger partial charge in [-0.2, -0.15) is 0 Å². The zero-order valence-electron chi connectivity index (χ0n) is 21.6. The molecule has 0 aliphatic heterocycles. The molecule has 0 bridgehead atoms. The summed E-state index contributed by atoms with van der Waals surface area (Å²) in [5.41, 5.74) is 2.78. The predicted molar refractivity (Wildman–Crippen MR) is 132 cm³/mol. The van der Waals surface area contributed by atoms with Crippen LogP contribution in [0.3, 0.4) is 0 Å². The highest BCUT2D eigenvalue weighted by Crippen LogP contribution is 2.44. The molecule has 2 aromatic heterocycles. The fourth-order valence-electron chi connectivity index (χ4n) is 4.65. The molecule has 196 valence electrons. The second-order valence-corrected chi connectivity index (χ2v) is 10.3. The molecule has 4 rings (SSSR count). The number of carboxylic acid groups (broad SMARTS) is 1. The van der Waals surface area contributed by atoms with Crippen LogP contribution in [0.1, 0.15) is 76.1 Å². The fourth-order valence-corrected chi connectivity index (χ4v) is 4.65. The number of carboxylic acids is 1. The van der Waals surface area contributed by atoms with Crippen LogP contribution in [0, 0.1) is 11.8 Å². The van der Waals surface area contributed by atoms with Crippen molar-refractivity contribution in [3.63, 3.8) is 0 Å². The first kappa shape index (κ1) is 25.9. The van der Waals surface area contributed by atoms with Gasteiger partial charge in [0.1, 0.15) is 23.7 Å². The van der Waals surface area contributed by atoms with Gasteiger partial charge in [-0.25, -0.2) is 14.5 Å². The van der Waals surface area contributed by atoms with Gasteiger partial charge in [-0.1, -0.05) is 25.5 Å². The highest BCUT2D eigenvalue weighted by molar-refractivity contribution is 5.70. The number of pyridine rings is 1. The van der Waals surface area contributed by atoms with Gasteiger partial charge in [-0.15, -0.1) is 5.10 Å². The van der Waals surface area contributed by atoms with Crippen molar-refractivity contribution in [2.45, 2.75) is 77.4 Å². The van der Waals surface area contributed by atoms with Gasteiger partial charge in [-0.3, -0.25) is 4.79 Å². The van der Waals surface area contributed by atoms with Crippen LogP contribution in [0.5, 0.6) is 5.75 Å². The van der Waals surface area contributed by atoms with Crippen LogP contribution in [-0.4, -0.2) is 61.7 Å². The molecular weight excluding hydrogens is 462 g/mol. The summed E-state index contributed by atoms with van der Waals surface area (Å²) in [6, 6.07) is 3.76. The summed E-state index contributed by atoms with van der Waals surface area (Å²) in [5.74, 6) is 0.341. The third kappa shape index (κ3) is 6.14. The van der Waals surface area contributed by atoms with E-state index < -0.39 is 5.97 Å². The zero-order valence-corrected chi connectivity index (χ0v) is 21.6. The third-order valence-corrected chi connectivity index (χ3v) is 7.23. The predicted octanol–water partition coefficient (Wildman–Crippen LogP) is 4.39. The molecule has 0 saturated heterocycles. The summed E-state index contributed by atoms with van der Waals surface area (Å²) < 4.78 is 13.5. The Bertz CT molecular complexity index is 1080. The number of carbonyl (C=O) groups is 2. The Morgan fingerprint density at radius 2 is 2.03 bits per heavy atom. The van der Waals surface area contributed by atoms with Gasteiger partial charge in [0, 0.05) is 26.6 Å². The summed E-state index contributed by atoms with van der Waals surface area (Å²) in [4.78, 5) is 30.4. The summed E-state index contributed by atoms with van der Waals surface area (Å²) in [5, 5.41) is 17.9. The van der Waals surface area contributed by atoms with Crippen LogP contribution in [0.2, 0.25) is 0 Å². The van der Waals surface area contributed by atoms with E-state index in [4.69, 9.17) is 14.5 Å². The van der Waals surface area contributed by atoms with Gasteiger partial charge in [0.25, 0.3) is 0 Å². The second kappa shape index (κ2) is 11.3. The Hall–Kier alpha value is -3.17. The summed E-state index contributed by atoms with van der Waals surface area (Å²) in [6.45, 7) is 4.87. The highest BCUT2D eigenvalue weighted by Gasteiger charge is 2.33. The number of aromatic nitrogens is 4. The van der Waals surface area contributed by atoms with E-state index >= 15 is 0 Å². The number of hydrogen-bond donors (Lipinski definition) is 1. The summed E-state index contributed by atoms with van der Waals surface area (Å²) in [6.07, 6.45) is 5.49. The molecule has 1 amide bonds. The molecule has 2 saturated carbocycles. The van der Waals surface area contributed by atoms with Crippen molar-refractivity contribution < 1.29 is 24.2 Å². The summed E-state index contributed by atoms with van der Waals surface area (Å²) >= 11 is 0. The topological polar surface area (TPSA) is 120 Å². The van der Waals surface area contributed by atoms with E-state index in [1.165, 1.54) is 0 Å². The van der Waals surface area contributed by atoms with Crippen LogP contribution in [0.15, 0.2) is 12.1 Å².